The first kappa shape index (κ1) is 27.7. The second-order valence-corrected chi connectivity index (χ2v) is 16.7. The number of nitrogens with zero attached hydrogens (tertiary/aromatic N) is 4. The van der Waals surface area contributed by atoms with E-state index in [-0.39, 0.29) is 29.7 Å². The third-order valence-electron chi connectivity index (χ3n) is 7.61. The summed E-state index contributed by atoms with van der Waals surface area (Å²) in [4.78, 5) is 25.6. The van der Waals surface area contributed by atoms with Gasteiger partial charge in [0.2, 0.25) is 0 Å². The van der Waals surface area contributed by atoms with Crippen LogP contribution in [0.2, 0.25) is 18.1 Å². The lowest BCUT2D eigenvalue weighted by atomic mass is 10.1. The molecule has 39 heavy (non-hydrogen) atoms. The predicted molar refractivity (Wildman–Crippen MR) is 146 cm³/mol. The van der Waals surface area contributed by atoms with Gasteiger partial charge in [0.1, 0.15) is 31.2 Å². The molecule has 0 aliphatic carbocycles. The van der Waals surface area contributed by atoms with Gasteiger partial charge in [0.15, 0.2) is 37.3 Å². The van der Waals surface area contributed by atoms with Crippen LogP contribution in [0.25, 0.3) is 11.2 Å². The van der Waals surface area contributed by atoms with Crippen molar-refractivity contribution in [2.75, 3.05) is 11.9 Å². The van der Waals surface area contributed by atoms with Crippen molar-refractivity contribution in [1.29, 1.82) is 0 Å². The molecule has 0 radical (unpaired) electrons. The third-order valence-corrected chi connectivity index (χ3v) is 12.1. The van der Waals surface area contributed by atoms with Gasteiger partial charge in [0.05, 0.1) is 12.9 Å². The van der Waals surface area contributed by atoms with Crippen LogP contribution in [-0.2, 0) is 30.0 Å². The van der Waals surface area contributed by atoms with Crippen molar-refractivity contribution in [3.63, 3.8) is 0 Å². The number of rotatable bonds is 7. The fraction of sp³-hybridized carbons (Fsp3) is 0.556. The van der Waals surface area contributed by atoms with Crippen molar-refractivity contribution in [3.05, 3.63) is 48.5 Å². The van der Waals surface area contributed by atoms with Crippen molar-refractivity contribution in [3.8, 4) is 0 Å². The largest absolute Gasteiger partial charge is 0.444 e. The maximum Gasteiger partial charge on any atom is 0.413 e. The van der Waals surface area contributed by atoms with Crippen molar-refractivity contribution in [2.24, 2.45) is 0 Å². The summed E-state index contributed by atoms with van der Waals surface area (Å²) < 4.78 is 32.7. The molecular weight excluding hydrogens is 518 g/mol. The van der Waals surface area contributed by atoms with E-state index < -0.39 is 32.5 Å². The fourth-order valence-corrected chi connectivity index (χ4v) is 5.52. The first-order valence-corrected chi connectivity index (χ1v) is 16.1. The first-order valence-electron chi connectivity index (χ1n) is 13.1. The number of carbonyl (C=O) groups excluding carboxylic acids is 1. The second kappa shape index (κ2) is 10.2. The molecule has 210 valence electrons. The molecule has 0 unspecified atom stereocenters. The van der Waals surface area contributed by atoms with Gasteiger partial charge in [0, 0.05) is 0 Å². The number of fused-ring (bicyclic) bond motifs is 2. The Morgan fingerprint density at radius 2 is 1.82 bits per heavy atom. The van der Waals surface area contributed by atoms with E-state index in [1.165, 1.54) is 6.33 Å². The molecule has 2 aromatic heterocycles. The van der Waals surface area contributed by atoms with E-state index in [9.17, 15) is 4.79 Å². The van der Waals surface area contributed by atoms with E-state index in [0.717, 1.165) is 5.56 Å². The highest BCUT2D eigenvalue weighted by molar-refractivity contribution is 6.74. The molecule has 2 aliphatic heterocycles. The van der Waals surface area contributed by atoms with Crippen LogP contribution in [0.1, 0.15) is 46.4 Å². The van der Waals surface area contributed by atoms with E-state index in [2.05, 4.69) is 54.1 Å². The summed E-state index contributed by atoms with van der Waals surface area (Å²) in [5.41, 5.74) is 1.78. The van der Waals surface area contributed by atoms with Crippen LogP contribution in [0.15, 0.2) is 43.0 Å². The number of ether oxygens (including phenoxy) is 4. The Morgan fingerprint density at radius 3 is 2.54 bits per heavy atom. The Morgan fingerprint density at radius 1 is 1.10 bits per heavy atom. The summed E-state index contributed by atoms with van der Waals surface area (Å²) in [6.45, 7) is 15.4. The lowest BCUT2D eigenvalue weighted by Gasteiger charge is -2.37. The summed E-state index contributed by atoms with van der Waals surface area (Å²) >= 11 is 0. The molecular formula is C27H37N5O6Si. The molecule has 12 heteroatoms. The first-order chi connectivity index (χ1) is 18.3. The number of amides is 1. The molecule has 5 rings (SSSR count). The number of benzene rings is 1. The summed E-state index contributed by atoms with van der Waals surface area (Å²) in [5.74, 6) is -0.527. The zero-order chi connectivity index (χ0) is 28.0. The Bertz CT molecular complexity index is 1330. The molecule has 1 amide bonds. The molecule has 3 aromatic rings. The standard InChI is InChI=1S/C27H37N5O6Si/c1-26(2,3)39(6,7)35-14-18-20-21(38-27(4,5)37-20)24(36-18)32-16-30-19-22(28-15-29-23(19)32)31-25(33)34-13-17-11-9-8-10-12-17/h8-12,15-16,18,20-21,24H,13-14H2,1-7H3,(H,28,29,31,33)/t18-,20-,21-,24-/m1/s1. The number of carbonyl (C=O) groups is 1. The summed E-state index contributed by atoms with van der Waals surface area (Å²) in [6.07, 6.45) is 0.749. The van der Waals surface area contributed by atoms with Crippen molar-refractivity contribution < 1.29 is 28.2 Å². The van der Waals surface area contributed by atoms with Gasteiger partial charge in [-0.3, -0.25) is 9.88 Å². The van der Waals surface area contributed by atoms with E-state index >= 15 is 0 Å². The van der Waals surface area contributed by atoms with Crippen LogP contribution in [0, 0.1) is 0 Å². The number of aromatic nitrogens is 4. The summed E-state index contributed by atoms with van der Waals surface area (Å²) in [6, 6.07) is 9.44. The molecule has 0 spiro atoms. The molecule has 2 fully saturated rings. The number of anilines is 1. The molecule has 2 saturated heterocycles. The zero-order valence-corrected chi connectivity index (χ0v) is 24.5. The van der Waals surface area contributed by atoms with Crippen LogP contribution in [-0.4, -0.2) is 64.6 Å². The molecule has 1 N–H and O–H groups in total. The molecule has 0 saturated carbocycles. The Balaban J connectivity index is 1.34. The minimum absolute atomic E-state index is 0.0693. The van der Waals surface area contributed by atoms with Crippen LogP contribution >= 0.6 is 0 Å². The van der Waals surface area contributed by atoms with Gasteiger partial charge >= 0.3 is 6.09 Å². The highest BCUT2D eigenvalue weighted by atomic mass is 28.4. The molecule has 2 aliphatic rings. The van der Waals surface area contributed by atoms with Crippen LogP contribution in [0.4, 0.5) is 10.6 Å². The molecule has 1 aromatic carbocycles. The maximum absolute atomic E-state index is 12.5. The minimum Gasteiger partial charge on any atom is -0.444 e. The van der Waals surface area contributed by atoms with Gasteiger partial charge < -0.3 is 23.4 Å². The fourth-order valence-electron chi connectivity index (χ4n) is 4.51. The van der Waals surface area contributed by atoms with Crippen molar-refractivity contribution in [1.82, 2.24) is 19.5 Å². The Hall–Kier alpha value is -2.90. The average Bonchev–Trinajstić information content (AvgIpc) is 3.52. The number of nitrogens with one attached hydrogen (secondary N) is 1. The smallest absolute Gasteiger partial charge is 0.413 e. The molecule has 4 atom stereocenters. The topological polar surface area (TPSA) is 119 Å². The van der Waals surface area contributed by atoms with Gasteiger partial charge in [-0.1, -0.05) is 51.1 Å². The van der Waals surface area contributed by atoms with E-state index in [4.69, 9.17) is 23.4 Å². The second-order valence-electron chi connectivity index (χ2n) is 11.9. The highest BCUT2D eigenvalue weighted by Gasteiger charge is 2.56. The zero-order valence-electron chi connectivity index (χ0n) is 23.5. The summed E-state index contributed by atoms with van der Waals surface area (Å²) in [7, 11) is -2.00. The van der Waals surface area contributed by atoms with E-state index in [0.29, 0.717) is 17.8 Å². The number of hydrogen-bond donors (Lipinski definition) is 1. The van der Waals surface area contributed by atoms with Gasteiger partial charge in [-0.05, 0) is 37.5 Å². The van der Waals surface area contributed by atoms with E-state index in [1.54, 1.807) is 10.9 Å². The lowest BCUT2D eigenvalue weighted by molar-refractivity contribution is -0.199. The van der Waals surface area contributed by atoms with Crippen molar-refractivity contribution >= 4 is 31.4 Å². The molecule has 11 nitrogen and oxygen atoms in total. The van der Waals surface area contributed by atoms with Gasteiger partial charge in [0.25, 0.3) is 0 Å². The summed E-state index contributed by atoms with van der Waals surface area (Å²) in [5, 5.41) is 2.75. The van der Waals surface area contributed by atoms with Gasteiger partial charge in [-0.25, -0.2) is 19.7 Å². The molecule has 4 heterocycles. The minimum atomic E-state index is -2.00. The van der Waals surface area contributed by atoms with Crippen molar-refractivity contribution in [2.45, 2.75) is 89.7 Å². The number of imidazole rings is 1. The Labute approximate surface area is 229 Å². The lowest BCUT2D eigenvalue weighted by Crippen LogP contribution is -2.44. The van der Waals surface area contributed by atoms with Crippen LogP contribution < -0.4 is 5.32 Å². The molecule has 0 bridgehead atoms. The van der Waals surface area contributed by atoms with E-state index in [1.807, 2.05) is 44.2 Å². The highest BCUT2D eigenvalue weighted by Crippen LogP contribution is 2.45. The maximum atomic E-state index is 12.5. The quantitative estimate of drug-likeness (QED) is 0.401. The monoisotopic (exact) mass is 555 g/mol. The van der Waals surface area contributed by atoms with Crippen LogP contribution in [0.3, 0.4) is 0 Å². The average molecular weight is 556 g/mol. The van der Waals surface area contributed by atoms with Gasteiger partial charge in [-0.15, -0.1) is 0 Å². The third kappa shape index (κ3) is 5.70. The Kier molecular flexibility index (Phi) is 7.27. The van der Waals surface area contributed by atoms with Gasteiger partial charge in [-0.2, -0.15) is 0 Å². The predicted octanol–water partition coefficient (Wildman–Crippen LogP) is 5.01. The normalized spacial score (nSPS) is 24.6. The number of hydrogen-bond acceptors (Lipinski definition) is 9. The SMILES string of the molecule is CC1(C)O[C@@H]2[C@H](O1)[C@@H](CO[Si](C)(C)C(C)(C)C)O[C@H]2n1cnc2c(NC(=O)OCc3ccccc3)ncnc21. The van der Waals surface area contributed by atoms with Crippen LogP contribution in [0.5, 0.6) is 0 Å².